The van der Waals surface area contributed by atoms with Crippen LogP contribution in [0.15, 0.2) is 12.1 Å². The van der Waals surface area contributed by atoms with Crippen molar-refractivity contribution in [3.8, 4) is 18.2 Å². The van der Waals surface area contributed by atoms with Crippen LogP contribution in [0.25, 0.3) is 0 Å². The molecule has 0 amide bonds. The lowest BCUT2D eigenvalue weighted by atomic mass is 10.4. The first-order chi connectivity index (χ1) is 7.67. The van der Waals surface area contributed by atoms with Gasteiger partial charge in [-0.1, -0.05) is 0 Å². The molecule has 1 aromatic rings. The van der Waals surface area contributed by atoms with Crippen LogP contribution in [0.1, 0.15) is 6.42 Å². The number of terminal acetylenes is 1. The number of pyridine rings is 1. The number of nitro groups is 1. The summed E-state index contributed by atoms with van der Waals surface area (Å²) in [6.45, 7) is 0.286. The Morgan fingerprint density at radius 1 is 1.69 bits per heavy atom. The van der Waals surface area contributed by atoms with Gasteiger partial charge in [0, 0.05) is 13.5 Å². The summed E-state index contributed by atoms with van der Waals surface area (Å²) in [4.78, 5) is 14.1. The monoisotopic (exact) mass is 221 g/mol. The smallest absolute Gasteiger partial charge is 0.278 e. The number of hydrogen-bond donors (Lipinski definition) is 1. The Morgan fingerprint density at radius 3 is 3.00 bits per heavy atom. The minimum absolute atomic E-state index is 0.0740. The van der Waals surface area contributed by atoms with Crippen LogP contribution in [-0.4, -0.2) is 23.6 Å². The summed E-state index contributed by atoms with van der Waals surface area (Å²) in [5.74, 6) is 2.97. The minimum Gasteiger partial charge on any atom is -0.476 e. The summed E-state index contributed by atoms with van der Waals surface area (Å²) in [5, 5.41) is 13.3. The van der Waals surface area contributed by atoms with Gasteiger partial charge in [-0.3, -0.25) is 10.1 Å². The van der Waals surface area contributed by atoms with Gasteiger partial charge in [0.2, 0.25) is 5.88 Å². The van der Waals surface area contributed by atoms with Crippen molar-refractivity contribution in [2.75, 3.05) is 19.0 Å². The molecule has 1 heterocycles. The fraction of sp³-hybridized carbons (Fsp3) is 0.300. The van der Waals surface area contributed by atoms with Gasteiger partial charge in [0.05, 0.1) is 17.1 Å². The van der Waals surface area contributed by atoms with Crippen LogP contribution in [0.5, 0.6) is 5.88 Å². The van der Waals surface area contributed by atoms with Gasteiger partial charge in [-0.2, -0.15) is 4.98 Å². The van der Waals surface area contributed by atoms with Gasteiger partial charge in [0.25, 0.3) is 5.69 Å². The van der Waals surface area contributed by atoms with Crippen LogP contribution in [0, 0.1) is 22.5 Å². The number of rotatable bonds is 5. The zero-order valence-electron chi connectivity index (χ0n) is 8.77. The van der Waals surface area contributed by atoms with Crippen molar-refractivity contribution in [3.63, 3.8) is 0 Å². The van der Waals surface area contributed by atoms with Gasteiger partial charge in [-0.05, 0) is 0 Å². The lowest BCUT2D eigenvalue weighted by Gasteiger charge is -2.05. The van der Waals surface area contributed by atoms with E-state index in [1.54, 1.807) is 7.05 Å². The quantitative estimate of drug-likeness (QED) is 0.352. The average Bonchev–Trinajstić information content (AvgIpc) is 2.29. The van der Waals surface area contributed by atoms with E-state index >= 15 is 0 Å². The van der Waals surface area contributed by atoms with Crippen molar-refractivity contribution in [1.82, 2.24) is 4.98 Å². The Kier molecular flexibility index (Phi) is 4.09. The summed E-state index contributed by atoms with van der Waals surface area (Å²) in [6, 6.07) is 2.59. The lowest BCUT2D eigenvalue weighted by molar-refractivity contribution is -0.384. The summed E-state index contributed by atoms with van der Waals surface area (Å²) >= 11 is 0. The highest BCUT2D eigenvalue weighted by Crippen LogP contribution is 2.21. The lowest BCUT2D eigenvalue weighted by Crippen LogP contribution is -2.02. The van der Waals surface area contributed by atoms with Crippen LogP contribution in [0.2, 0.25) is 0 Å². The average molecular weight is 221 g/mol. The molecule has 0 unspecified atom stereocenters. The molecule has 0 spiro atoms. The standard InChI is InChI=1S/C10H11N3O3/c1-3-4-5-16-10-7-8(13(14)15)6-9(11-2)12-10/h1,6-7H,4-5H2,2H3,(H,11,12). The molecule has 0 aliphatic heterocycles. The van der Waals surface area contributed by atoms with E-state index in [1.807, 2.05) is 0 Å². The Labute approximate surface area is 92.8 Å². The highest BCUT2D eigenvalue weighted by molar-refractivity contribution is 5.47. The van der Waals surface area contributed by atoms with Gasteiger partial charge in [-0.15, -0.1) is 12.3 Å². The third kappa shape index (κ3) is 3.13. The van der Waals surface area contributed by atoms with Gasteiger partial charge < -0.3 is 10.1 Å². The molecule has 0 fully saturated rings. The molecule has 0 bridgehead atoms. The van der Waals surface area contributed by atoms with E-state index in [1.165, 1.54) is 12.1 Å². The topological polar surface area (TPSA) is 77.3 Å². The van der Waals surface area contributed by atoms with Crippen LogP contribution in [-0.2, 0) is 0 Å². The summed E-state index contributed by atoms with van der Waals surface area (Å²) in [5.41, 5.74) is -0.0740. The zero-order chi connectivity index (χ0) is 12.0. The van der Waals surface area contributed by atoms with Crippen LogP contribution in [0.4, 0.5) is 11.5 Å². The second kappa shape index (κ2) is 5.56. The predicted molar refractivity (Wildman–Crippen MR) is 59.4 cm³/mol. The Balaban J connectivity index is 2.87. The number of hydrogen-bond acceptors (Lipinski definition) is 5. The van der Waals surface area contributed by atoms with E-state index in [2.05, 4.69) is 16.2 Å². The maximum atomic E-state index is 10.6. The second-order valence-corrected chi connectivity index (χ2v) is 2.86. The van der Waals surface area contributed by atoms with Crippen molar-refractivity contribution in [1.29, 1.82) is 0 Å². The first-order valence-corrected chi connectivity index (χ1v) is 4.58. The third-order valence-corrected chi connectivity index (χ3v) is 1.75. The van der Waals surface area contributed by atoms with E-state index < -0.39 is 4.92 Å². The minimum atomic E-state index is -0.503. The van der Waals surface area contributed by atoms with E-state index in [0.29, 0.717) is 12.2 Å². The molecule has 0 saturated heterocycles. The van der Waals surface area contributed by atoms with E-state index in [0.717, 1.165) is 0 Å². The van der Waals surface area contributed by atoms with Crippen molar-refractivity contribution in [3.05, 3.63) is 22.2 Å². The van der Waals surface area contributed by atoms with E-state index in [9.17, 15) is 10.1 Å². The molecule has 1 rings (SSSR count). The van der Waals surface area contributed by atoms with Gasteiger partial charge in [0.1, 0.15) is 12.4 Å². The first kappa shape index (κ1) is 11.8. The normalized spacial score (nSPS) is 9.25. The van der Waals surface area contributed by atoms with Crippen LogP contribution >= 0.6 is 0 Å². The van der Waals surface area contributed by atoms with E-state index in [-0.39, 0.29) is 18.2 Å². The third-order valence-electron chi connectivity index (χ3n) is 1.75. The summed E-state index contributed by atoms with van der Waals surface area (Å²) in [6.07, 6.45) is 5.49. The molecule has 0 aromatic carbocycles. The van der Waals surface area contributed by atoms with E-state index in [4.69, 9.17) is 11.2 Å². The fourth-order valence-electron chi connectivity index (χ4n) is 1.01. The maximum absolute atomic E-state index is 10.6. The summed E-state index contributed by atoms with van der Waals surface area (Å²) < 4.78 is 5.18. The van der Waals surface area contributed by atoms with Gasteiger partial charge >= 0.3 is 0 Å². The molecule has 1 aromatic heterocycles. The maximum Gasteiger partial charge on any atom is 0.278 e. The van der Waals surface area contributed by atoms with Crippen molar-refractivity contribution < 1.29 is 9.66 Å². The number of ether oxygens (including phenoxy) is 1. The Morgan fingerprint density at radius 2 is 2.44 bits per heavy atom. The summed E-state index contributed by atoms with van der Waals surface area (Å²) in [7, 11) is 1.62. The molecule has 0 aliphatic carbocycles. The molecule has 6 nitrogen and oxygen atoms in total. The SMILES string of the molecule is C#CCCOc1cc([N+](=O)[O-])cc(NC)n1. The van der Waals surface area contributed by atoms with Gasteiger partial charge in [-0.25, -0.2) is 0 Å². The molecule has 0 atom stereocenters. The molecule has 84 valence electrons. The largest absolute Gasteiger partial charge is 0.476 e. The second-order valence-electron chi connectivity index (χ2n) is 2.86. The first-order valence-electron chi connectivity index (χ1n) is 4.58. The fourth-order valence-corrected chi connectivity index (χ4v) is 1.01. The van der Waals surface area contributed by atoms with Crippen LogP contribution in [0.3, 0.4) is 0 Å². The van der Waals surface area contributed by atoms with Crippen molar-refractivity contribution >= 4 is 11.5 Å². The Bertz CT molecular complexity index is 426. The molecule has 16 heavy (non-hydrogen) atoms. The predicted octanol–water partition coefficient (Wildman–Crippen LogP) is 1.43. The number of nitrogens with one attached hydrogen (secondary N) is 1. The number of aromatic nitrogens is 1. The molecule has 0 aliphatic rings. The highest BCUT2D eigenvalue weighted by Gasteiger charge is 2.11. The zero-order valence-corrected chi connectivity index (χ0v) is 8.77. The number of anilines is 1. The highest BCUT2D eigenvalue weighted by atomic mass is 16.6. The molecule has 0 saturated carbocycles. The molecular formula is C10H11N3O3. The van der Waals surface area contributed by atoms with Crippen molar-refractivity contribution in [2.24, 2.45) is 0 Å². The van der Waals surface area contributed by atoms with Crippen molar-refractivity contribution in [2.45, 2.75) is 6.42 Å². The Hall–Kier alpha value is -2.29. The van der Waals surface area contributed by atoms with Crippen LogP contribution < -0.4 is 10.1 Å². The molecule has 1 N–H and O–H groups in total. The molecule has 6 heteroatoms. The molecular weight excluding hydrogens is 210 g/mol. The molecule has 0 radical (unpaired) electrons. The number of nitrogens with zero attached hydrogens (tertiary/aromatic N) is 2. The van der Waals surface area contributed by atoms with Gasteiger partial charge in [0.15, 0.2) is 0 Å².